The topological polar surface area (TPSA) is 26.2 Å². The van der Waals surface area contributed by atoms with Crippen LogP contribution in [-0.2, 0) is 18.0 Å². The quantitative estimate of drug-likeness (QED) is 0.876. The van der Waals surface area contributed by atoms with Gasteiger partial charge in [-0.2, -0.15) is 0 Å². The van der Waals surface area contributed by atoms with Crippen LogP contribution in [0.1, 0.15) is 18.4 Å². The maximum atomic E-state index is 6.10. The Morgan fingerprint density at radius 1 is 1.42 bits per heavy atom. The van der Waals surface area contributed by atoms with Crippen LogP contribution in [0.5, 0.6) is 0 Å². The van der Waals surface area contributed by atoms with Crippen LogP contribution in [0.4, 0.5) is 0 Å². The van der Waals surface area contributed by atoms with Gasteiger partial charge in [0, 0.05) is 23.2 Å². The molecule has 1 heterocycles. The zero-order valence-corrected chi connectivity index (χ0v) is 11.9. The molecular weight excluding hydrogens is 260 g/mol. The maximum absolute atomic E-state index is 6.10. The van der Waals surface area contributed by atoms with Gasteiger partial charge < -0.3 is 14.6 Å². The highest BCUT2D eigenvalue weighted by Gasteiger charge is 2.21. The Morgan fingerprint density at radius 2 is 2.26 bits per heavy atom. The number of fused-ring (bicyclic) bond motifs is 1. The number of halogens is 1. The molecule has 1 aliphatic rings. The van der Waals surface area contributed by atoms with E-state index in [2.05, 4.69) is 22.1 Å². The Hall–Kier alpha value is -1.03. The van der Waals surface area contributed by atoms with E-state index >= 15 is 0 Å². The van der Waals surface area contributed by atoms with E-state index in [-0.39, 0.29) is 0 Å². The lowest BCUT2D eigenvalue weighted by atomic mass is 10.2. The van der Waals surface area contributed by atoms with Gasteiger partial charge in [-0.25, -0.2) is 0 Å². The van der Waals surface area contributed by atoms with Gasteiger partial charge in [-0.15, -0.1) is 0 Å². The van der Waals surface area contributed by atoms with Crippen molar-refractivity contribution in [3.63, 3.8) is 0 Å². The lowest BCUT2D eigenvalue weighted by Gasteiger charge is -2.06. The first-order valence-corrected chi connectivity index (χ1v) is 7.15. The minimum absolute atomic E-state index is 0.608. The molecule has 1 fully saturated rings. The van der Waals surface area contributed by atoms with Crippen molar-refractivity contribution in [1.82, 2.24) is 9.88 Å². The second-order valence-electron chi connectivity index (χ2n) is 5.26. The molecule has 0 radical (unpaired) electrons. The third kappa shape index (κ3) is 2.94. The minimum atomic E-state index is 0.608. The Kier molecular flexibility index (Phi) is 3.78. The van der Waals surface area contributed by atoms with E-state index in [4.69, 9.17) is 16.3 Å². The molecule has 0 unspecified atom stereocenters. The first-order chi connectivity index (χ1) is 9.28. The molecule has 3 nitrogen and oxygen atoms in total. The molecule has 1 aromatic heterocycles. The molecule has 1 aromatic carbocycles. The van der Waals surface area contributed by atoms with Crippen molar-refractivity contribution in [2.75, 3.05) is 13.7 Å². The summed E-state index contributed by atoms with van der Waals surface area (Å²) in [5.74, 6) is 0.794. The highest BCUT2D eigenvalue weighted by molar-refractivity contribution is 6.31. The van der Waals surface area contributed by atoms with Gasteiger partial charge in [-0.05, 0) is 43.5 Å². The number of nitrogens with one attached hydrogen (secondary N) is 1. The summed E-state index contributed by atoms with van der Waals surface area (Å²) in [5.41, 5.74) is 2.43. The molecular formula is C15H19ClN2O. The van der Waals surface area contributed by atoms with Gasteiger partial charge in [0.2, 0.25) is 0 Å². The zero-order valence-electron chi connectivity index (χ0n) is 11.2. The first kappa shape index (κ1) is 13.0. The number of benzene rings is 1. The molecule has 0 spiro atoms. The van der Waals surface area contributed by atoms with E-state index < -0.39 is 0 Å². The van der Waals surface area contributed by atoms with Crippen LogP contribution < -0.4 is 5.32 Å². The summed E-state index contributed by atoms with van der Waals surface area (Å²) < 4.78 is 7.93. The molecule has 1 aliphatic carbocycles. The summed E-state index contributed by atoms with van der Waals surface area (Å²) in [6.07, 6.45) is 4.80. The van der Waals surface area contributed by atoms with E-state index in [1.807, 2.05) is 19.2 Å². The fraction of sp³-hybridized carbons (Fsp3) is 0.467. The van der Waals surface area contributed by atoms with E-state index in [1.54, 1.807) is 0 Å². The Morgan fingerprint density at radius 3 is 3.00 bits per heavy atom. The molecule has 2 aromatic rings. The molecule has 0 atom stereocenters. The molecule has 19 heavy (non-hydrogen) atoms. The molecule has 1 saturated carbocycles. The zero-order chi connectivity index (χ0) is 13.2. The van der Waals surface area contributed by atoms with Crippen molar-refractivity contribution in [2.45, 2.75) is 26.1 Å². The predicted molar refractivity (Wildman–Crippen MR) is 78.4 cm³/mol. The van der Waals surface area contributed by atoms with Crippen molar-refractivity contribution in [3.8, 4) is 0 Å². The Labute approximate surface area is 118 Å². The summed E-state index contributed by atoms with van der Waals surface area (Å²) in [4.78, 5) is 0. The molecule has 0 bridgehead atoms. The summed E-state index contributed by atoms with van der Waals surface area (Å²) >= 11 is 6.10. The van der Waals surface area contributed by atoms with Crippen LogP contribution in [0.2, 0.25) is 5.02 Å². The van der Waals surface area contributed by atoms with Crippen molar-refractivity contribution in [3.05, 3.63) is 35.0 Å². The predicted octanol–water partition coefficient (Wildman–Crippen LogP) is 3.40. The molecule has 1 N–H and O–H groups in total. The number of rotatable bonds is 6. The largest absolute Gasteiger partial charge is 0.360 e. The van der Waals surface area contributed by atoms with Crippen LogP contribution in [0, 0.1) is 5.92 Å². The van der Waals surface area contributed by atoms with Gasteiger partial charge in [-0.1, -0.05) is 17.7 Å². The monoisotopic (exact) mass is 278 g/mol. The van der Waals surface area contributed by atoms with Crippen LogP contribution in [0.3, 0.4) is 0 Å². The molecule has 4 heteroatoms. The summed E-state index contributed by atoms with van der Waals surface area (Å²) in [6.45, 7) is 2.34. The van der Waals surface area contributed by atoms with Crippen molar-refractivity contribution < 1.29 is 4.74 Å². The molecule has 0 amide bonds. The number of hydrogen-bond donors (Lipinski definition) is 1. The maximum Gasteiger partial charge on any atom is 0.122 e. The van der Waals surface area contributed by atoms with E-state index in [9.17, 15) is 0 Å². The van der Waals surface area contributed by atoms with Gasteiger partial charge >= 0.3 is 0 Å². The fourth-order valence-electron chi connectivity index (χ4n) is 2.38. The van der Waals surface area contributed by atoms with Gasteiger partial charge in [0.15, 0.2) is 0 Å². The smallest absolute Gasteiger partial charge is 0.122 e. The summed E-state index contributed by atoms with van der Waals surface area (Å²) in [6, 6.07) is 6.04. The Bertz CT molecular complexity index is 575. The second kappa shape index (κ2) is 5.53. The van der Waals surface area contributed by atoms with Crippen LogP contribution in [0.15, 0.2) is 24.4 Å². The number of hydrogen-bond acceptors (Lipinski definition) is 2. The number of aromatic nitrogens is 1. The normalized spacial score (nSPS) is 15.3. The van der Waals surface area contributed by atoms with Gasteiger partial charge in [0.25, 0.3) is 0 Å². The van der Waals surface area contributed by atoms with Gasteiger partial charge in [0.1, 0.15) is 6.73 Å². The van der Waals surface area contributed by atoms with E-state index in [0.717, 1.165) is 29.6 Å². The lowest BCUT2D eigenvalue weighted by Crippen LogP contribution is -2.05. The van der Waals surface area contributed by atoms with Crippen molar-refractivity contribution in [1.29, 1.82) is 0 Å². The van der Waals surface area contributed by atoms with Crippen LogP contribution >= 0.6 is 11.6 Å². The molecule has 3 rings (SSSR count). The second-order valence-corrected chi connectivity index (χ2v) is 5.70. The number of ether oxygens (including phenoxy) is 1. The minimum Gasteiger partial charge on any atom is -0.360 e. The van der Waals surface area contributed by atoms with Gasteiger partial charge in [-0.3, -0.25) is 0 Å². The Balaban J connectivity index is 1.85. The SMILES string of the molecule is CNCc1cn(COCC2CC2)c2cc(Cl)ccc12. The average molecular weight is 279 g/mol. The highest BCUT2D eigenvalue weighted by Crippen LogP contribution is 2.29. The van der Waals surface area contributed by atoms with Gasteiger partial charge in [0.05, 0.1) is 12.1 Å². The van der Waals surface area contributed by atoms with Crippen LogP contribution in [0.25, 0.3) is 10.9 Å². The molecule has 0 saturated heterocycles. The van der Waals surface area contributed by atoms with E-state index in [0.29, 0.717) is 6.73 Å². The lowest BCUT2D eigenvalue weighted by molar-refractivity contribution is 0.0717. The van der Waals surface area contributed by atoms with Crippen LogP contribution in [-0.4, -0.2) is 18.2 Å². The average Bonchev–Trinajstić information content (AvgIpc) is 3.15. The standard InChI is InChI=1S/C15H19ClN2O/c1-17-7-12-8-18(10-19-9-11-2-3-11)15-6-13(16)4-5-14(12)15/h4-6,8,11,17H,2-3,7,9-10H2,1H3. The van der Waals surface area contributed by atoms with Crippen molar-refractivity contribution in [2.24, 2.45) is 5.92 Å². The van der Waals surface area contributed by atoms with E-state index in [1.165, 1.54) is 23.8 Å². The third-order valence-electron chi connectivity index (χ3n) is 3.57. The first-order valence-electron chi connectivity index (χ1n) is 6.77. The van der Waals surface area contributed by atoms with Crippen molar-refractivity contribution >= 4 is 22.5 Å². The number of nitrogens with zero attached hydrogens (tertiary/aromatic N) is 1. The summed E-state index contributed by atoms with van der Waals surface area (Å²) in [5, 5.41) is 5.21. The fourth-order valence-corrected chi connectivity index (χ4v) is 2.55. The summed E-state index contributed by atoms with van der Waals surface area (Å²) in [7, 11) is 1.96. The third-order valence-corrected chi connectivity index (χ3v) is 3.81. The molecule has 102 valence electrons. The highest BCUT2D eigenvalue weighted by atomic mass is 35.5. The molecule has 0 aliphatic heterocycles.